The Bertz CT molecular complexity index is 787. The van der Waals surface area contributed by atoms with E-state index in [0.29, 0.717) is 35.0 Å². The molecule has 2 amide bonds. The van der Waals surface area contributed by atoms with Gasteiger partial charge in [-0.15, -0.1) is 0 Å². The van der Waals surface area contributed by atoms with Crippen molar-refractivity contribution < 1.29 is 19.1 Å². The maximum absolute atomic E-state index is 12.4. The molecule has 130 valence electrons. The van der Waals surface area contributed by atoms with Crippen molar-refractivity contribution in [3.05, 3.63) is 48.0 Å². The zero-order valence-electron chi connectivity index (χ0n) is 14.2. The van der Waals surface area contributed by atoms with Crippen molar-refractivity contribution in [2.24, 2.45) is 0 Å². The molecule has 0 atom stereocenters. The molecular formula is C19H20N2O4. The highest BCUT2D eigenvalue weighted by molar-refractivity contribution is 6.05. The number of hydrogen-bond acceptors (Lipinski definition) is 4. The number of anilines is 2. The molecule has 0 aromatic heterocycles. The van der Waals surface area contributed by atoms with E-state index in [2.05, 4.69) is 5.32 Å². The number of benzene rings is 2. The maximum atomic E-state index is 12.4. The number of nitrogens with zero attached hydrogens (tertiary/aromatic N) is 1. The van der Waals surface area contributed by atoms with Crippen LogP contribution in [0.15, 0.2) is 42.5 Å². The highest BCUT2D eigenvalue weighted by Crippen LogP contribution is 2.34. The van der Waals surface area contributed by atoms with E-state index in [4.69, 9.17) is 9.47 Å². The van der Waals surface area contributed by atoms with E-state index in [1.807, 2.05) is 6.92 Å². The molecule has 1 N–H and O–H groups in total. The van der Waals surface area contributed by atoms with Crippen molar-refractivity contribution in [3.8, 4) is 11.5 Å². The van der Waals surface area contributed by atoms with Crippen LogP contribution in [0, 0.1) is 0 Å². The van der Waals surface area contributed by atoms with Gasteiger partial charge in [-0.05, 0) is 48.9 Å². The fraction of sp³-hybridized carbons (Fsp3) is 0.263. The van der Waals surface area contributed by atoms with Gasteiger partial charge in [-0.3, -0.25) is 9.59 Å². The fourth-order valence-electron chi connectivity index (χ4n) is 2.69. The summed E-state index contributed by atoms with van der Waals surface area (Å²) in [5.74, 6) is 1.03. The second-order valence-corrected chi connectivity index (χ2v) is 5.70. The molecule has 1 aliphatic rings. The van der Waals surface area contributed by atoms with Gasteiger partial charge in [0, 0.05) is 17.8 Å². The van der Waals surface area contributed by atoms with E-state index in [1.165, 1.54) is 0 Å². The molecule has 2 aromatic rings. The van der Waals surface area contributed by atoms with E-state index in [-0.39, 0.29) is 18.4 Å². The predicted octanol–water partition coefficient (Wildman–Crippen LogP) is 3.08. The van der Waals surface area contributed by atoms with Gasteiger partial charge in [0.15, 0.2) is 6.61 Å². The number of ether oxygens (including phenoxy) is 2. The van der Waals surface area contributed by atoms with Gasteiger partial charge in [-0.2, -0.15) is 0 Å². The van der Waals surface area contributed by atoms with Crippen LogP contribution in [0.2, 0.25) is 0 Å². The van der Waals surface area contributed by atoms with Crippen molar-refractivity contribution in [1.29, 1.82) is 0 Å². The van der Waals surface area contributed by atoms with E-state index in [0.717, 1.165) is 6.42 Å². The molecule has 6 nitrogen and oxygen atoms in total. The van der Waals surface area contributed by atoms with Crippen LogP contribution in [0.1, 0.15) is 23.7 Å². The second kappa shape index (κ2) is 7.25. The SMILES string of the molecule is CCCN1C(=O)COc2ccc(NC(=O)c3ccc(OC)cc3)cc21. The number of nitrogens with one attached hydrogen (secondary N) is 1. The molecule has 25 heavy (non-hydrogen) atoms. The summed E-state index contributed by atoms with van der Waals surface area (Å²) in [6, 6.07) is 12.2. The van der Waals surface area contributed by atoms with Gasteiger partial charge in [0.05, 0.1) is 12.8 Å². The van der Waals surface area contributed by atoms with Gasteiger partial charge < -0.3 is 19.7 Å². The van der Waals surface area contributed by atoms with Crippen molar-refractivity contribution in [1.82, 2.24) is 0 Å². The normalized spacial score (nSPS) is 13.0. The molecule has 3 rings (SSSR count). The van der Waals surface area contributed by atoms with Gasteiger partial charge in [-0.1, -0.05) is 6.92 Å². The number of hydrogen-bond donors (Lipinski definition) is 1. The number of methoxy groups -OCH3 is 1. The molecule has 0 aliphatic carbocycles. The van der Waals surface area contributed by atoms with Crippen LogP contribution in [-0.4, -0.2) is 32.1 Å². The highest BCUT2D eigenvalue weighted by atomic mass is 16.5. The average Bonchev–Trinajstić information content (AvgIpc) is 2.64. The lowest BCUT2D eigenvalue weighted by Crippen LogP contribution is -2.39. The van der Waals surface area contributed by atoms with Gasteiger partial charge in [0.2, 0.25) is 0 Å². The molecule has 2 aromatic carbocycles. The monoisotopic (exact) mass is 340 g/mol. The Hall–Kier alpha value is -3.02. The third-order valence-corrected chi connectivity index (χ3v) is 3.96. The molecule has 6 heteroatoms. The standard InChI is InChI=1S/C19H20N2O4/c1-3-10-21-16-11-14(6-9-17(16)25-12-18(21)22)20-19(23)13-4-7-15(24-2)8-5-13/h4-9,11H,3,10,12H2,1-2H3,(H,20,23). The van der Waals surface area contributed by atoms with Crippen LogP contribution in [0.25, 0.3) is 0 Å². The van der Waals surface area contributed by atoms with Crippen LogP contribution in [0.5, 0.6) is 11.5 Å². The molecule has 0 saturated carbocycles. The minimum Gasteiger partial charge on any atom is -0.497 e. The quantitative estimate of drug-likeness (QED) is 0.908. The first-order valence-corrected chi connectivity index (χ1v) is 8.15. The first-order valence-electron chi connectivity index (χ1n) is 8.15. The molecule has 0 spiro atoms. The highest BCUT2D eigenvalue weighted by Gasteiger charge is 2.25. The zero-order chi connectivity index (χ0) is 17.8. The largest absolute Gasteiger partial charge is 0.497 e. The van der Waals surface area contributed by atoms with Crippen LogP contribution >= 0.6 is 0 Å². The van der Waals surface area contributed by atoms with Crippen molar-refractivity contribution in [3.63, 3.8) is 0 Å². The van der Waals surface area contributed by atoms with Crippen LogP contribution in [0.4, 0.5) is 11.4 Å². The Kier molecular flexibility index (Phi) is 4.88. The topological polar surface area (TPSA) is 67.9 Å². The van der Waals surface area contributed by atoms with Crippen molar-refractivity contribution in [2.75, 3.05) is 30.5 Å². The zero-order valence-corrected chi connectivity index (χ0v) is 14.2. The average molecular weight is 340 g/mol. The Balaban J connectivity index is 1.81. The molecule has 0 bridgehead atoms. The number of carbonyl (C=O) groups is 2. The minimum atomic E-state index is -0.229. The second-order valence-electron chi connectivity index (χ2n) is 5.70. The third-order valence-electron chi connectivity index (χ3n) is 3.96. The summed E-state index contributed by atoms with van der Waals surface area (Å²) in [6.45, 7) is 2.67. The lowest BCUT2D eigenvalue weighted by atomic mass is 10.1. The summed E-state index contributed by atoms with van der Waals surface area (Å²) < 4.78 is 10.6. The summed E-state index contributed by atoms with van der Waals surface area (Å²) in [5, 5.41) is 2.85. The van der Waals surface area contributed by atoms with E-state index in [9.17, 15) is 9.59 Å². The number of rotatable bonds is 5. The molecule has 0 unspecified atom stereocenters. The molecule has 0 saturated heterocycles. The summed E-state index contributed by atoms with van der Waals surface area (Å²) in [4.78, 5) is 26.1. The van der Waals surface area contributed by atoms with E-state index < -0.39 is 0 Å². The minimum absolute atomic E-state index is 0.0462. The Morgan fingerprint density at radius 3 is 2.68 bits per heavy atom. The molecule has 0 radical (unpaired) electrons. The molecule has 0 fully saturated rings. The lowest BCUT2D eigenvalue weighted by Gasteiger charge is -2.29. The number of carbonyl (C=O) groups excluding carboxylic acids is 2. The maximum Gasteiger partial charge on any atom is 0.265 e. The predicted molar refractivity (Wildman–Crippen MR) is 95.5 cm³/mol. The molecule has 1 aliphatic heterocycles. The summed E-state index contributed by atoms with van der Waals surface area (Å²) in [5.41, 5.74) is 1.82. The summed E-state index contributed by atoms with van der Waals surface area (Å²) in [7, 11) is 1.58. The first kappa shape index (κ1) is 16.8. The summed E-state index contributed by atoms with van der Waals surface area (Å²) >= 11 is 0. The Morgan fingerprint density at radius 2 is 2.00 bits per heavy atom. The van der Waals surface area contributed by atoms with Crippen LogP contribution < -0.4 is 19.7 Å². The summed E-state index contributed by atoms with van der Waals surface area (Å²) in [6.07, 6.45) is 0.841. The Morgan fingerprint density at radius 1 is 1.24 bits per heavy atom. The Labute approximate surface area is 146 Å². The van der Waals surface area contributed by atoms with E-state index >= 15 is 0 Å². The first-order chi connectivity index (χ1) is 12.1. The van der Waals surface area contributed by atoms with Crippen molar-refractivity contribution >= 4 is 23.2 Å². The van der Waals surface area contributed by atoms with Crippen molar-refractivity contribution in [2.45, 2.75) is 13.3 Å². The fourth-order valence-corrected chi connectivity index (χ4v) is 2.69. The van der Waals surface area contributed by atoms with Gasteiger partial charge in [-0.25, -0.2) is 0 Å². The number of fused-ring (bicyclic) bond motifs is 1. The van der Waals surface area contributed by atoms with Gasteiger partial charge in [0.1, 0.15) is 11.5 Å². The third kappa shape index (κ3) is 3.57. The van der Waals surface area contributed by atoms with Crippen LogP contribution in [-0.2, 0) is 4.79 Å². The lowest BCUT2D eigenvalue weighted by molar-refractivity contribution is -0.121. The smallest absolute Gasteiger partial charge is 0.265 e. The van der Waals surface area contributed by atoms with Crippen LogP contribution in [0.3, 0.4) is 0 Å². The van der Waals surface area contributed by atoms with Gasteiger partial charge in [0.25, 0.3) is 11.8 Å². The molecular weight excluding hydrogens is 320 g/mol. The van der Waals surface area contributed by atoms with E-state index in [1.54, 1.807) is 54.5 Å². The molecule has 1 heterocycles. The van der Waals surface area contributed by atoms with Gasteiger partial charge >= 0.3 is 0 Å². The number of amides is 2.